The molecule has 1 aliphatic heterocycles. The lowest BCUT2D eigenvalue weighted by atomic mass is 9.95. The first-order chi connectivity index (χ1) is 8.71. The molecule has 0 fully saturated rings. The van der Waals surface area contributed by atoms with Crippen molar-refractivity contribution in [3.8, 4) is 11.5 Å². The fourth-order valence-electron chi connectivity index (χ4n) is 2.30. The fraction of sp³-hybridized carbons (Fsp3) is 0.462. The summed E-state index contributed by atoms with van der Waals surface area (Å²) in [5.74, 6) is 1.50. The van der Waals surface area contributed by atoms with Crippen LogP contribution in [0.3, 0.4) is 0 Å². The van der Waals surface area contributed by atoms with E-state index in [9.17, 15) is 4.79 Å². The van der Waals surface area contributed by atoms with Gasteiger partial charge in [0, 0.05) is 17.5 Å². The van der Waals surface area contributed by atoms with Crippen molar-refractivity contribution >= 4 is 6.47 Å². The second-order valence-electron chi connectivity index (χ2n) is 4.01. The lowest BCUT2D eigenvalue weighted by Crippen LogP contribution is -2.28. The van der Waals surface area contributed by atoms with Gasteiger partial charge in [-0.1, -0.05) is 0 Å². The van der Waals surface area contributed by atoms with Crippen molar-refractivity contribution in [2.75, 3.05) is 14.2 Å². The van der Waals surface area contributed by atoms with Crippen molar-refractivity contribution in [1.29, 1.82) is 0 Å². The molecule has 5 heteroatoms. The van der Waals surface area contributed by atoms with Crippen molar-refractivity contribution in [1.82, 2.24) is 0 Å². The first kappa shape index (κ1) is 12.7. The molecular formula is C13H16O5. The van der Waals surface area contributed by atoms with Gasteiger partial charge in [-0.2, -0.15) is 0 Å². The molecule has 0 saturated heterocycles. The molecule has 1 aromatic carbocycles. The zero-order chi connectivity index (χ0) is 13.1. The largest absolute Gasteiger partial charge is 0.496 e. The zero-order valence-electron chi connectivity index (χ0n) is 10.6. The summed E-state index contributed by atoms with van der Waals surface area (Å²) in [5.41, 5.74) is 1.91. The Morgan fingerprint density at radius 1 is 1.28 bits per heavy atom. The van der Waals surface area contributed by atoms with E-state index < -0.39 is 6.29 Å². The number of hydrogen-bond acceptors (Lipinski definition) is 5. The van der Waals surface area contributed by atoms with E-state index in [0.717, 1.165) is 22.6 Å². The van der Waals surface area contributed by atoms with Crippen LogP contribution in [0.4, 0.5) is 0 Å². The van der Waals surface area contributed by atoms with Crippen LogP contribution in [0.25, 0.3) is 0 Å². The third-order valence-electron chi connectivity index (χ3n) is 3.05. The zero-order valence-corrected chi connectivity index (χ0v) is 10.6. The number of carbonyl (C=O) groups is 1. The van der Waals surface area contributed by atoms with Gasteiger partial charge in [-0.05, 0) is 19.1 Å². The van der Waals surface area contributed by atoms with Crippen LogP contribution in [0.2, 0.25) is 0 Å². The number of ether oxygens (including phenoxy) is 4. The maximum atomic E-state index is 10.4. The Balaban J connectivity index is 2.45. The van der Waals surface area contributed by atoms with Crippen molar-refractivity contribution in [2.45, 2.75) is 25.7 Å². The van der Waals surface area contributed by atoms with E-state index in [2.05, 4.69) is 0 Å². The Morgan fingerprint density at radius 3 is 2.56 bits per heavy atom. The Labute approximate surface area is 106 Å². The van der Waals surface area contributed by atoms with Gasteiger partial charge in [0.25, 0.3) is 6.47 Å². The molecule has 0 aliphatic carbocycles. The average Bonchev–Trinajstić information content (AvgIpc) is 2.37. The SMILES string of the molecule is COc1ccc(OC)c2c1CC(OC=O)OC2C. The first-order valence-corrected chi connectivity index (χ1v) is 5.69. The van der Waals surface area contributed by atoms with Crippen molar-refractivity contribution < 1.29 is 23.7 Å². The van der Waals surface area contributed by atoms with Gasteiger partial charge < -0.3 is 18.9 Å². The standard InChI is InChI=1S/C13H16O5/c1-8-13-9(6-12(18-8)17-7-14)10(15-2)4-5-11(13)16-3/h4-5,7-8,12H,6H2,1-3H3. The van der Waals surface area contributed by atoms with Crippen LogP contribution in [-0.4, -0.2) is 27.0 Å². The summed E-state index contributed by atoms with van der Waals surface area (Å²) in [6.45, 7) is 2.29. The molecule has 2 atom stereocenters. The summed E-state index contributed by atoms with van der Waals surface area (Å²) < 4.78 is 21.2. The van der Waals surface area contributed by atoms with E-state index in [1.165, 1.54) is 0 Å². The topological polar surface area (TPSA) is 54.0 Å². The molecule has 0 spiro atoms. The van der Waals surface area contributed by atoms with Gasteiger partial charge in [-0.3, -0.25) is 4.79 Å². The van der Waals surface area contributed by atoms with E-state index in [-0.39, 0.29) is 6.10 Å². The minimum atomic E-state index is -0.578. The number of methoxy groups -OCH3 is 2. The molecule has 0 radical (unpaired) electrons. The van der Waals surface area contributed by atoms with Gasteiger partial charge in [-0.25, -0.2) is 0 Å². The first-order valence-electron chi connectivity index (χ1n) is 5.69. The Hall–Kier alpha value is -1.75. The fourth-order valence-corrected chi connectivity index (χ4v) is 2.30. The van der Waals surface area contributed by atoms with Gasteiger partial charge in [0.2, 0.25) is 6.29 Å². The normalized spacial score (nSPS) is 21.9. The summed E-state index contributed by atoms with van der Waals surface area (Å²) in [4.78, 5) is 10.4. The van der Waals surface area contributed by atoms with Gasteiger partial charge in [0.1, 0.15) is 11.5 Å². The predicted molar refractivity (Wildman–Crippen MR) is 63.7 cm³/mol. The van der Waals surface area contributed by atoms with Crippen LogP contribution in [0, 0.1) is 0 Å². The number of benzene rings is 1. The molecule has 0 N–H and O–H groups in total. The summed E-state index contributed by atoms with van der Waals surface area (Å²) in [5, 5.41) is 0. The number of fused-ring (bicyclic) bond motifs is 1. The van der Waals surface area contributed by atoms with E-state index in [1.807, 2.05) is 19.1 Å². The van der Waals surface area contributed by atoms with Gasteiger partial charge in [-0.15, -0.1) is 0 Å². The van der Waals surface area contributed by atoms with E-state index in [4.69, 9.17) is 18.9 Å². The number of hydrogen-bond donors (Lipinski definition) is 0. The molecule has 1 aromatic rings. The molecule has 0 aromatic heterocycles. The molecule has 2 unspecified atom stereocenters. The molecular weight excluding hydrogens is 236 g/mol. The van der Waals surface area contributed by atoms with Crippen LogP contribution in [0.1, 0.15) is 24.2 Å². The van der Waals surface area contributed by atoms with Gasteiger partial charge in [0.05, 0.1) is 20.3 Å². The minimum Gasteiger partial charge on any atom is -0.496 e. The number of rotatable bonds is 4. The Kier molecular flexibility index (Phi) is 3.72. The molecule has 18 heavy (non-hydrogen) atoms. The van der Waals surface area contributed by atoms with Crippen LogP contribution >= 0.6 is 0 Å². The third-order valence-corrected chi connectivity index (χ3v) is 3.05. The molecule has 1 heterocycles. The summed E-state index contributed by atoms with van der Waals surface area (Å²) in [6.07, 6.45) is -0.339. The van der Waals surface area contributed by atoms with E-state index in [1.54, 1.807) is 14.2 Å². The number of carbonyl (C=O) groups excluding carboxylic acids is 1. The summed E-state index contributed by atoms with van der Waals surface area (Å²) in [6, 6.07) is 3.69. The van der Waals surface area contributed by atoms with Crippen LogP contribution < -0.4 is 9.47 Å². The quantitative estimate of drug-likeness (QED) is 0.765. The summed E-state index contributed by atoms with van der Waals surface area (Å²) >= 11 is 0. The van der Waals surface area contributed by atoms with Gasteiger partial charge in [0.15, 0.2) is 0 Å². The van der Waals surface area contributed by atoms with Crippen molar-refractivity contribution in [3.63, 3.8) is 0 Å². The van der Waals surface area contributed by atoms with Crippen LogP contribution in [-0.2, 0) is 20.7 Å². The second kappa shape index (κ2) is 5.27. The third kappa shape index (κ3) is 2.13. The molecule has 0 bridgehead atoms. The molecule has 2 rings (SSSR count). The van der Waals surface area contributed by atoms with Crippen molar-refractivity contribution in [2.24, 2.45) is 0 Å². The van der Waals surface area contributed by atoms with Crippen LogP contribution in [0.5, 0.6) is 11.5 Å². The van der Waals surface area contributed by atoms with E-state index in [0.29, 0.717) is 12.9 Å². The lowest BCUT2D eigenvalue weighted by Gasteiger charge is -2.31. The second-order valence-corrected chi connectivity index (χ2v) is 4.01. The van der Waals surface area contributed by atoms with Gasteiger partial charge >= 0.3 is 0 Å². The molecule has 5 nitrogen and oxygen atoms in total. The highest BCUT2D eigenvalue weighted by Crippen LogP contribution is 2.41. The molecule has 1 aliphatic rings. The maximum absolute atomic E-state index is 10.4. The molecule has 0 saturated carbocycles. The highest BCUT2D eigenvalue weighted by atomic mass is 16.7. The lowest BCUT2D eigenvalue weighted by molar-refractivity contribution is -0.179. The predicted octanol–water partition coefficient (Wildman–Crippen LogP) is 1.84. The highest BCUT2D eigenvalue weighted by Gasteiger charge is 2.30. The Bertz CT molecular complexity index is 443. The maximum Gasteiger partial charge on any atom is 0.295 e. The van der Waals surface area contributed by atoms with Crippen LogP contribution in [0.15, 0.2) is 12.1 Å². The highest BCUT2D eigenvalue weighted by molar-refractivity contribution is 5.51. The van der Waals surface area contributed by atoms with Crippen molar-refractivity contribution in [3.05, 3.63) is 23.3 Å². The monoisotopic (exact) mass is 252 g/mol. The molecule has 0 amide bonds. The van der Waals surface area contributed by atoms with E-state index >= 15 is 0 Å². The summed E-state index contributed by atoms with van der Waals surface area (Å²) in [7, 11) is 3.22. The smallest absolute Gasteiger partial charge is 0.295 e. The molecule has 98 valence electrons. The minimum absolute atomic E-state index is 0.219. The Morgan fingerprint density at radius 2 is 1.94 bits per heavy atom. The average molecular weight is 252 g/mol.